The Labute approximate surface area is 178 Å². The smallest absolute Gasteiger partial charge is 0.319 e. The van der Waals surface area contributed by atoms with Crippen LogP contribution in [0.15, 0.2) is 11.2 Å². The maximum absolute atomic E-state index is 12.4. The highest BCUT2D eigenvalue weighted by molar-refractivity contribution is 8.00. The average molecular weight is 423 g/mol. The van der Waals surface area contributed by atoms with E-state index >= 15 is 0 Å². The molecule has 1 unspecified atom stereocenters. The van der Waals surface area contributed by atoms with Crippen molar-refractivity contribution in [3.8, 4) is 11.8 Å². The standard InChI is InChI=1S/C22H34N2O4S/c1-3-5-6-18(21(25)26-4-2)29-22-23-19(27-13-11-16-7-8-16)15-20(24-22)28-14-12-17-9-10-17/h15-18H,3-14H2,1-2H3. The SMILES string of the molecule is CCCCC(Sc1nc(OCCC2CC2)cc(OCCC2CC2)n1)C(=O)OCC. The maximum atomic E-state index is 12.4. The van der Waals surface area contributed by atoms with E-state index < -0.39 is 0 Å². The second kappa shape index (κ2) is 11.6. The van der Waals surface area contributed by atoms with Crippen LogP contribution in [-0.2, 0) is 9.53 Å². The fourth-order valence-electron chi connectivity index (χ4n) is 3.03. The van der Waals surface area contributed by atoms with Crippen molar-refractivity contribution < 1.29 is 19.0 Å². The summed E-state index contributed by atoms with van der Waals surface area (Å²) in [7, 11) is 0. The summed E-state index contributed by atoms with van der Waals surface area (Å²) in [6.45, 7) is 5.64. The number of carbonyl (C=O) groups is 1. The third-order valence-corrected chi connectivity index (χ3v) is 6.33. The van der Waals surface area contributed by atoms with Crippen LogP contribution in [0.3, 0.4) is 0 Å². The number of esters is 1. The molecule has 0 bridgehead atoms. The first-order valence-corrected chi connectivity index (χ1v) is 12.0. The van der Waals surface area contributed by atoms with E-state index in [-0.39, 0.29) is 11.2 Å². The molecule has 7 heteroatoms. The van der Waals surface area contributed by atoms with Crippen molar-refractivity contribution in [2.75, 3.05) is 19.8 Å². The van der Waals surface area contributed by atoms with Gasteiger partial charge in [0.05, 0.1) is 25.9 Å². The average Bonchev–Trinajstić information content (AvgIpc) is 3.61. The van der Waals surface area contributed by atoms with E-state index in [1.165, 1.54) is 37.4 Å². The van der Waals surface area contributed by atoms with Gasteiger partial charge in [-0.3, -0.25) is 4.79 Å². The molecule has 0 saturated heterocycles. The summed E-state index contributed by atoms with van der Waals surface area (Å²) < 4.78 is 17.0. The minimum absolute atomic E-state index is 0.203. The Kier molecular flexibility index (Phi) is 8.90. The van der Waals surface area contributed by atoms with Crippen molar-refractivity contribution >= 4 is 17.7 Å². The molecule has 3 rings (SSSR count). The van der Waals surface area contributed by atoms with Crippen LogP contribution in [0.2, 0.25) is 0 Å². The van der Waals surface area contributed by atoms with Gasteiger partial charge >= 0.3 is 5.97 Å². The topological polar surface area (TPSA) is 70.5 Å². The zero-order chi connectivity index (χ0) is 20.5. The molecule has 2 saturated carbocycles. The molecule has 162 valence electrons. The second-order valence-electron chi connectivity index (χ2n) is 7.99. The molecular weight excluding hydrogens is 388 g/mol. The quantitative estimate of drug-likeness (QED) is 0.222. The van der Waals surface area contributed by atoms with Crippen LogP contribution < -0.4 is 9.47 Å². The van der Waals surface area contributed by atoms with Gasteiger partial charge in [-0.1, -0.05) is 57.2 Å². The zero-order valence-electron chi connectivity index (χ0n) is 17.7. The molecule has 0 aromatic carbocycles. The lowest BCUT2D eigenvalue weighted by molar-refractivity contribution is -0.142. The number of thioether (sulfide) groups is 1. The summed E-state index contributed by atoms with van der Waals surface area (Å²) in [6, 6.07) is 1.77. The highest BCUT2D eigenvalue weighted by Crippen LogP contribution is 2.34. The Morgan fingerprint density at radius 2 is 1.66 bits per heavy atom. The fraction of sp³-hybridized carbons (Fsp3) is 0.773. The molecule has 1 aromatic heterocycles. The van der Waals surface area contributed by atoms with Crippen molar-refractivity contribution in [2.45, 2.75) is 82.0 Å². The molecule has 0 N–H and O–H groups in total. The lowest BCUT2D eigenvalue weighted by Gasteiger charge is -2.15. The molecule has 0 aliphatic heterocycles. The first kappa shape index (κ1) is 22.2. The van der Waals surface area contributed by atoms with Crippen LogP contribution in [0, 0.1) is 11.8 Å². The van der Waals surface area contributed by atoms with E-state index in [0.29, 0.717) is 36.7 Å². The summed E-state index contributed by atoms with van der Waals surface area (Å²) >= 11 is 1.35. The maximum Gasteiger partial charge on any atom is 0.319 e. The normalized spacial score (nSPS) is 17.0. The van der Waals surface area contributed by atoms with Crippen LogP contribution >= 0.6 is 11.8 Å². The van der Waals surface area contributed by atoms with Gasteiger partial charge in [-0.25, -0.2) is 0 Å². The van der Waals surface area contributed by atoms with Crippen molar-refractivity contribution in [2.24, 2.45) is 11.8 Å². The van der Waals surface area contributed by atoms with Gasteiger partial charge in [0.2, 0.25) is 11.8 Å². The second-order valence-corrected chi connectivity index (χ2v) is 9.16. The number of hydrogen-bond donors (Lipinski definition) is 0. The molecule has 1 atom stereocenters. The lowest BCUT2D eigenvalue weighted by Crippen LogP contribution is -2.21. The van der Waals surface area contributed by atoms with Gasteiger partial charge in [0.25, 0.3) is 0 Å². The first-order chi connectivity index (χ1) is 14.2. The van der Waals surface area contributed by atoms with Crippen LogP contribution in [0.25, 0.3) is 0 Å². The Morgan fingerprint density at radius 1 is 1.07 bits per heavy atom. The van der Waals surface area contributed by atoms with E-state index in [4.69, 9.17) is 14.2 Å². The molecule has 2 fully saturated rings. The largest absolute Gasteiger partial charge is 0.477 e. The summed E-state index contributed by atoms with van der Waals surface area (Å²) in [6.07, 6.45) is 10.1. The lowest BCUT2D eigenvalue weighted by atomic mass is 10.2. The van der Waals surface area contributed by atoms with Gasteiger partial charge in [0, 0.05) is 0 Å². The minimum atomic E-state index is -0.309. The van der Waals surface area contributed by atoms with Crippen LogP contribution in [0.1, 0.15) is 71.6 Å². The number of ether oxygens (including phenoxy) is 3. The van der Waals surface area contributed by atoms with Crippen molar-refractivity contribution in [3.63, 3.8) is 0 Å². The number of carbonyl (C=O) groups excluding carboxylic acids is 1. The minimum Gasteiger partial charge on any atom is -0.477 e. The molecule has 29 heavy (non-hydrogen) atoms. The molecule has 2 aliphatic rings. The predicted octanol–water partition coefficient (Wildman–Crippen LogP) is 5.05. The molecule has 0 spiro atoms. The van der Waals surface area contributed by atoms with E-state index in [0.717, 1.165) is 43.9 Å². The van der Waals surface area contributed by atoms with Gasteiger partial charge in [0.15, 0.2) is 5.16 Å². The van der Waals surface area contributed by atoms with E-state index in [1.807, 2.05) is 6.92 Å². The molecule has 0 amide bonds. The Bertz CT molecular complexity index is 613. The number of unbranched alkanes of at least 4 members (excludes halogenated alkanes) is 1. The van der Waals surface area contributed by atoms with Gasteiger partial charge < -0.3 is 14.2 Å². The van der Waals surface area contributed by atoms with E-state index in [2.05, 4.69) is 16.9 Å². The van der Waals surface area contributed by atoms with Gasteiger partial charge in [-0.05, 0) is 38.0 Å². The Hall–Kier alpha value is -1.50. The Morgan fingerprint density at radius 3 is 2.14 bits per heavy atom. The van der Waals surface area contributed by atoms with Crippen molar-refractivity contribution in [1.29, 1.82) is 0 Å². The summed E-state index contributed by atoms with van der Waals surface area (Å²) in [4.78, 5) is 21.4. The van der Waals surface area contributed by atoms with Crippen LogP contribution in [0.5, 0.6) is 11.8 Å². The summed E-state index contributed by atoms with van der Waals surface area (Å²) in [5.41, 5.74) is 0. The van der Waals surface area contributed by atoms with E-state index in [9.17, 15) is 4.79 Å². The van der Waals surface area contributed by atoms with Gasteiger partial charge in [-0.2, -0.15) is 9.97 Å². The number of rotatable bonds is 15. The van der Waals surface area contributed by atoms with Crippen molar-refractivity contribution in [3.05, 3.63) is 6.07 Å². The Balaban J connectivity index is 1.65. The molecule has 1 heterocycles. The fourth-order valence-corrected chi connectivity index (χ4v) is 4.02. The highest BCUT2D eigenvalue weighted by Gasteiger charge is 2.24. The monoisotopic (exact) mass is 422 g/mol. The zero-order valence-corrected chi connectivity index (χ0v) is 18.5. The predicted molar refractivity (Wildman–Crippen MR) is 114 cm³/mol. The third-order valence-electron chi connectivity index (χ3n) is 5.22. The number of nitrogens with zero attached hydrogens (tertiary/aromatic N) is 2. The van der Waals surface area contributed by atoms with Crippen molar-refractivity contribution in [1.82, 2.24) is 9.97 Å². The molecule has 2 aliphatic carbocycles. The molecule has 0 radical (unpaired) electrons. The third kappa shape index (κ3) is 8.41. The van der Waals surface area contributed by atoms with Gasteiger partial charge in [-0.15, -0.1) is 0 Å². The summed E-state index contributed by atoms with van der Waals surface area (Å²) in [5.74, 6) is 2.47. The van der Waals surface area contributed by atoms with Gasteiger partial charge in [0.1, 0.15) is 5.25 Å². The molecule has 1 aromatic rings. The number of aromatic nitrogens is 2. The van der Waals surface area contributed by atoms with Crippen LogP contribution in [-0.4, -0.2) is 41.0 Å². The molecule has 6 nitrogen and oxygen atoms in total. The highest BCUT2D eigenvalue weighted by atomic mass is 32.2. The first-order valence-electron chi connectivity index (χ1n) is 11.2. The number of hydrogen-bond acceptors (Lipinski definition) is 7. The van der Waals surface area contributed by atoms with Crippen LogP contribution in [0.4, 0.5) is 0 Å². The summed E-state index contributed by atoms with van der Waals surface area (Å²) in [5, 5.41) is 0.209. The van der Waals surface area contributed by atoms with E-state index in [1.54, 1.807) is 6.07 Å². The molecular formula is C22H34N2O4S.